The Kier molecular flexibility index (Phi) is 7.51. The van der Waals surface area contributed by atoms with Gasteiger partial charge in [0.05, 0.1) is 25.7 Å². The van der Waals surface area contributed by atoms with Gasteiger partial charge < -0.3 is 20.3 Å². The first-order valence-corrected chi connectivity index (χ1v) is 5.89. The number of hydrogen-bond donors (Lipinski definition) is 2. The maximum atomic E-state index is 10.8. The van der Waals surface area contributed by atoms with Gasteiger partial charge in [0.15, 0.2) is 0 Å². The molecule has 1 aromatic rings. The minimum Gasteiger partial charge on any atom is -0.496 e. The molecule has 1 amide bonds. The van der Waals surface area contributed by atoms with E-state index in [0.717, 1.165) is 0 Å². The second-order valence-corrected chi connectivity index (χ2v) is 4.15. The Labute approximate surface area is 128 Å². The van der Waals surface area contributed by atoms with Gasteiger partial charge in [0.25, 0.3) is 0 Å². The summed E-state index contributed by atoms with van der Waals surface area (Å²) in [5.41, 5.74) is 5.75. The monoisotopic (exact) mass is 343 g/mol. The van der Waals surface area contributed by atoms with Crippen molar-refractivity contribution in [2.75, 3.05) is 14.2 Å². The lowest BCUT2D eigenvalue weighted by molar-refractivity contribution is -0.192. The summed E-state index contributed by atoms with van der Waals surface area (Å²) in [6.07, 6.45) is -4.99. The maximum Gasteiger partial charge on any atom is 0.490 e. The number of aliphatic carboxylic acids is 1. The molecule has 124 valence electrons. The van der Waals surface area contributed by atoms with Gasteiger partial charge in [0.1, 0.15) is 11.5 Å². The lowest BCUT2D eigenvalue weighted by Gasteiger charge is -2.10. The van der Waals surface area contributed by atoms with E-state index in [9.17, 15) is 18.0 Å². The zero-order chi connectivity index (χ0) is 17.5. The Morgan fingerprint density at radius 1 is 1.23 bits per heavy atom. The number of primary amides is 1. The third-order valence-electron chi connectivity index (χ3n) is 2.16. The Hall–Kier alpha value is -2.16. The fourth-order valence-electron chi connectivity index (χ4n) is 1.25. The second-order valence-electron chi connectivity index (χ2n) is 3.74. The lowest BCUT2D eigenvalue weighted by atomic mass is 10.1. The molecule has 3 N–H and O–H groups in total. The molecule has 0 saturated heterocycles. The molecule has 0 aromatic heterocycles. The van der Waals surface area contributed by atoms with Crippen molar-refractivity contribution >= 4 is 23.5 Å². The van der Waals surface area contributed by atoms with E-state index in [0.29, 0.717) is 22.1 Å². The van der Waals surface area contributed by atoms with Crippen molar-refractivity contribution in [3.05, 3.63) is 22.7 Å². The van der Waals surface area contributed by atoms with Crippen LogP contribution in [0.3, 0.4) is 0 Å². The van der Waals surface area contributed by atoms with Gasteiger partial charge in [-0.25, -0.2) is 4.79 Å². The molecule has 1 aromatic carbocycles. The van der Waals surface area contributed by atoms with Gasteiger partial charge >= 0.3 is 12.1 Å². The minimum absolute atomic E-state index is 0.0902. The molecule has 22 heavy (non-hydrogen) atoms. The fraction of sp³-hybridized carbons (Fsp3) is 0.333. The van der Waals surface area contributed by atoms with Crippen LogP contribution in [0.5, 0.6) is 11.5 Å². The fourth-order valence-corrected chi connectivity index (χ4v) is 1.51. The standard InChI is InChI=1S/C10H12ClNO3.C2HF3O2/c1-14-8-5-9(15-2)7(11)3-6(8)4-10(12)13;3-2(4,5)1(6)7/h3,5H,4H2,1-2H3,(H2,12,13);(H,6,7). The number of carboxylic acids is 1. The van der Waals surface area contributed by atoms with Crippen LogP contribution in [-0.2, 0) is 16.0 Å². The van der Waals surface area contributed by atoms with E-state index in [1.807, 2.05) is 0 Å². The van der Waals surface area contributed by atoms with Crippen molar-refractivity contribution in [1.29, 1.82) is 0 Å². The van der Waals surface area contributed by atoms with E-state index in [2.05, 4.69) is 0 Å². The highest BCUT2D eigenvalue weighted by atomic mass is 35.5. The van der Waals surface area contributed by atoms with Crippen molar-refractivity contribution in [3.63, 3.8) is 0 Å². The molecule has 0 aliphatic rings. The molecule has 0 spiro atoms. The summed E-state index contributed by atoms with van der Waals surface area (Å²) in [5, 5.41) is 7.55. The average Bonchev–Trinajstić information content (AvgIpc) is 2.38. The maximum absolute atomic E-state index is 10.8. The molecule has 0 bridgehead atoms. The SMILES string of the molecule is COc1cc(OC)c(CC(N)=O)cc1Cl.O=C(O)C(F)(F)F. The third kappa shape index (κ3) is 6.53. The van der Waals surface area contributed by atoms with Gasteiger partial charge in [-0.05, 0) is 6.07 Å². The van der Waals surface area contributed by atoms with Crippen LogP contribution < -0.4 is 15.2 Å². The predicted octanol–water partition coefficient (Wildman–Crippen LogP) is 2.02. The number of alkyl halides is 3. The summed E-state index contributed by atoms with van der Waals surface area (Å²) in [5.74, 6) is -2.15. The molecule has 0 aliphatic carbocycles. The lowest BCUT2D eigenvalue weighted by Crippen LogP contribution is -2.21. The summed E-state index contributed by atoms with van der Waals surface area (Å²) >= 11 is 5.91. The van der Waals surface area contributed by atoms with Crippen LogP contribution >= 0.6 is 11.6 Å². The van der Waals surface area contributed by atoms with Crippen LogP contribution in [0.25, 0.3) is 0 Å². The molecule has 0 heterocycles. The number of carbonyl (C=O) groups excluding carboxylic acids is 1. The number of carbonyl (C=O) groups is 2. The number of rotatable bonds is 4. The number of benzene rings is 1. The Morgan fingerprint density at radius 3 is 2.00 bits per heavy atom. The zero-order valence-electron chi connectivity index (χ0n) is 11.5. The molecule has 1 rings (SSSR count). The Balaban J connectivity index is 0.000000534. The summed E-state index contributed by atoms with van der Waals surface area (Å²) in [4.78, 5) is 19.7. The number of hydrogen-bond acceptors (Lipinski definition) is 4. The Bertz CT molecular complexity index is 548. The first kappa shape index (κ1) is 19.8. The van der Waals surface area contributed by atoms with Crippen molar-refractivity contribution in [3.8, 4) is 11.5 Å². The van der Waals surface area contributed by atoms with Gasteiger partial charge in [0.2, 0.25) is 5.91 Å². The number of nitrogens with two attached hydrogens (primary N) is 1. The first-order valence-electron chi connectivity index (χ1n) is 5.51. The van der Waals surface area contributed by atoms with Crippen LogP contribution in [0.4, 0.5) is 13.2 Å². The average molecular weight is 344 g/mol. The van der Waals surface area contributed by atoms with Crippen molar-refractivity contribution < 1.29 is 37.3 Å². The van der Waals surface area contributed by atoms with E-state index < -0.39 is 18.1 Å². The molecule has 6 nitrogen and oxygen atoms in total. The number of carboxylic acid groups (broad SMARTS) is 1. The number of amides is 1. The van der Waals surface area contributed by atoms with Crippen molar-refractivity contribution in [2.24, 2.45) is 5.73 Å². The van der Waals surface area contributed by atoms with Crippen LogP contribution in [0, 0.1) is 0 Å². The van der Waals surface area contributed by atoms with Crippen LogP contribution in [-0.4, -0.2) is 37.4 Å². The van der Waals surface area contributed by atoms with Crippen LogP contribution in [0.1, 0.15) is 5.56 Å². The molecular weight excluding hydrogens is 331 g/mol. The summed E-state index contributed by atoms with van der Waals surface area (Å²) in [6, 6.07) is 3.24. The normalized spacial score (nSPS) is 10.3. The molecule has 10 heteroatoms. The van der Waals surface area contributed by atoms with Gasteiger partial charge in [-0.1, -0.05) is 11.6 Å². The minimum atomic E-state index is -5.08. The second kappa shape index (κ2) is 8.32. The third-order valence-corrected chi connectivity index (χ3v) is 2.46. The smallest absolute Gasteiger partial charge is 0.490 e. The molecule has 0 unspecified atom stereocenters. The molecule has 0 saturated carbocycles. The molecule has 0 atom stereocenters. The first-order chi connectivity index (χ1) is 10.0. The van der Waals surface area contributed by atoms with Crippen LogP contribution in [0.15, 0.2) is 12.1 Å². The largest absolute Gasteiger partial charge is 0.496 e. The Morgan fingerprint density at radius 2 is 1.68 bits per heavy atom. The van der Waals surface area contributed by atoms with Gasteiger partial charge in [-0.2, -0.15) is 13.2 Å². The van der Waals surface area contributed by atoms with Crippen molar-refractivity contribution in [1.82, 2.24) is 0 Å². The zero-order valence-corrected chi connectivity index (χ0v) is 12.3. The van der Waals surface area contributed by atoms with E-state index in [1.165, 1.54) is 14.2 Å². The molecular formula is C12H13ClF3NO5. The number of ether oxygens (including phenoxy) is 2. The highest BCUT2D eigenvalue weighted by Gasteiger charge is 2.38. The summed E-state index contributed by atoms with van der Waals surface area (Å²) in [6.45, 7) is 0. The molecule has 0 fully saturated rings. The van der Waals surface area contributed by atoms with E-state index in [-0.39, 0.29) is 6.42 Å². The van der Waals surface area contributed by atoms with E-state index in [4.69, 9.17) is 36.7 Å². The highest BCUT2D eigenvalue weighted by Crippen LogP contribution is 2.32. The molecule has 0 radical (unpaired) electrons. The molecule has 0 aliphatic heterocycles. The highest BCUT2D eigenvalue weighted by molar-refractivity contribution is 6.32. The quantitative estimate of drug-likeness (QED) is 0.871. The summed E-state index contributed by atoms with van der Waals surface area (Å²) < 4.78 is 41.9. The predicted molar refractivity (Wildman–Crippen MR) is 71.1 cm³/mol. The van der Waals surface area contributed by atoms with Gasteiger partial charge in [-0.3, -0.25) is 4.79 Å². The van der Waals surface area contributed by atoms with E-state index >= 15 is 0 Å². The van der Waals surface area contributed by atoms with Gasteiger partial charge in [0, 0.05) is 11.6 Å². The topological polar surface area (TPSA) is 98.9 Å². The van der Waals surface area contributed by atoms with Gasteiger partial charge in [-0.15, -0.1) is 0 Å². The van der Waals surface area contributed by atoms with E-state index in [1.54, 1.807) is 12.1 Å². The van der Waals surface area contributed by atoms with Crippen molar-refractivity contribution in [2.45, 2.75) is 12.6 Å². The number of halogens is 4. The summed E-state index contributed by atoms with van der Waals surface area (Å²) in [7, 11) is 3.02. The van der Waals surface area contributed by atoms with Crippen LogP contribution in [0.2, 0.25) is 5.02 Å². The number of methoxy groups -OCH3 is 2.